The van der Waals surface area contributed by atoms with Crippen molar-refractivity contribution in [1.29, 1.82) is 0 Å². The minimum absolute atomic E-state index is 0.0578. The summed E-state index contributed by atoms with van der Waals surface area (Å²) in [5.74, 6) is 1.56. The van der Waals surface area contributed by atoms with Crippen molar-refractivity contribution >= 4 is 22.6 Å². The average Bonchev–Trinajstić information content (AvgIpc) is 2.92. The van der Waals surface area contributed by atoms with Crippen LogP contribution in [0.2, 0.25) is 0 Å². The number of fused-ring (bicyclic) bond motifs is 1. The molecule has 3 N–H and O–H groups in total. The molecule has 136 valence electrons. The summed E-state index contributed by atoms with van der Waals surface area (Å²) in [5.41, 5.74) is 1.78. The summed E-state index contributed by atoms with van der Waals surface area (Å²) >= 11 is 0. The first-order valence-electron chi connectivity index (χ1n) is 9.06. The van der Waals surface area contributed by atoms with E-state index >= 15 is 0 Å². The van der Waals surface area contributed by atoms with Crippen molar-refractivity contribution in [2.45, 2.75) is 46.1 Å². The molecule has 3 atom stereocenters. The van der Waals surface area contributed by atoms with Crippen LogP contribution in [0.25, 0.3) is 11.0 Å². The van der Waals surface area contributed by atoms with E-state index in [1.807, 2.05) is 0 Å². The highest BCUT2D eigenvalue weighted by Gasteiger charge is 2.31. The molecule has 3 rings (SSSR count). The molecule has 1 amide bonds. The van der Waals surface area contributed by atoms with Crippen LogP contribution in [-0.2, 0) is 9.53 Å². The fourth-order valence-corrected chi connectivity index (χ4v) is 3.80. The lowest BCUT2D eigenvalue weighted by Crippen LogP contribution is -2.36. The Bertz CT molecular complexity index is 793. The van der Waals surface area contributed by atoms with Gasteiger partial charge in [-0.15, -0.1) is 0 Å². The number of hydrogen-bond donors (Lipinski definition) is 3. The first kappa shape index (κ1) is 17.7. The lowest BCUT2D eigenvalue weighted by Gasteiger charge is -2.37. The summed E-state index contributed by atoms with van der Waals surface area (Å²) in [7, 11) is 0. The van der Waals surface area contributed by atoms with Crippen LogP contribution in [-0.4, -0.2) is 28.6 Å². The number of carbonyl (C=O) groups is 1. The highest BCUT2D eigenvalue weighted by Crippen LogP contribution is 2.35. The number of hydrogen-bond acceptors (Lipinski definition) is 3. The molecule has 1 saturated carbocycles. The molecule has 1 aromatic heterocycles. The van der Waals surface area contributed by atoms with E-state index in [0.717, 1.165) is 11.9 Å². The third-order valence-electron chi connectivity index (χ3n) is 5.19. The Labute approximate surface area is 147 Å². The van der Waals surface area contributed by atoms with Crippen LogP contribution in [0.4, 0.5) is 5.69 Å². The van der Waals surface area contributed by atoms with E-state index in [2.05, 4.69) is 36.1 Å². The van der Waals surface area contributed by atoms with Crippen molar-refractivity contribution in [2.24, 2.45) is 17.8 Å². The minimum Gasteiger partial charge on any atom is -0.368 e. The van der Waals surface area contributed by atoms with Gasteiger partial charge in [0.05, 0.1) is 17.1 Å². The second kappa shape index (κ2) is 7.44. The Morgan fingerprint density at radius 1 is 1.28 bits per heavy atom. The normalized spacial score (nSPS) is 23.9. The summed E-state index contributed by atoms with van der Waals surface area (Å²) in [6, 6.07) is 5.27. The number of ether oxygens (including phenoxy) is 1. The van der Waals surface area contributed by atoms with Gasteiger partial charge in [-0.3, -0.25) is 4.79 Å². The number of anilines is 1. The first-order chi connectivity index (χ1) is 11.9. The zero-order valence-electron chi connectivity index (χ0n) is 15.1. The van der Waals surface area contributed by atoms with Crippen molar-refractivity contribution in [3.63, 3.8) is 0 Å². The molecular weight excluding hydrogens is 318 g/mol. The summed E-state index contributed by atoms with van der Waals surface area (Å²) in [6.45, 7) is 6.76. The van der Waals surface area contributed by atoms with Gasteiger partial charge in [-0.25, -0.2) is 4.79 Å². The van der Waals surface area contributed by atoms with Crippen molar-refractivity contribution in [2.75, 3.05) is 11.9 Å². The van der Waals surface area contributed by atoms with Gasteiger partial charge in [0.1, 0.15) is 6.61 Å². The standard InChI is InChI=1S/C19H27N3O3/c1-11(2)14-6-4-12(3)8-17(14)25-10-18(23)20-13-5-7-15-16(9-13)22-19(24)21-15/h5,7,9,11-12,14,17H,4,6,8,10H2,1-3H3,(H,20,23)(H2,21,22,24)/t12-,14-,17+/m1/s1. The monoisotopic (exact) mass is 345 g/mol. The van der Waals surface area contributed by atoms with Crippen LogP contribution >= 0.6 is 0 Å². The van der Waals surface area contributed by atoms with Gasteiger partial charge in [0.25, 0.3) is 0 Å². The number of H-pyrrole nitrogens is 2. The second-order valence-corrected chi connectivity index (χ2v) is 7.56. The van der Waals surface area contributed by atoms with Gasteiger partial charge in [-0.05, 0) is 48.8 Å². The summed E-state index contributed by atoms with van der Waals surface area (Å²) in [6.07, 6.45) is 3.58. The molecular formula is C19H27N3O3. The van der Waals surface area contributed by atoms with E-state index in [0.29, 0.717) is 29.0 Å². The van der Waals surface area contributed by atoms with Crippen LogP contribution in [0.5, 0.6) is 0 Å². The summed E-state index contributed by atoms with van der Waals surface area (Å²) in [5, 5.41) is 2.84. The zero-order chi connectivity index (χ0) is 18.0. The van der Waals surface area contributed by atoms with Gasteiger partial charge in [0, 0.05) is 5.69 Å². The van der Waals surface area contributed by atoms with Gasteiger partial charge < -0.3 is 20.0 Å². The lowest BCUT2D eigenvalue weighted by molar-refractivity contribution is -0.126. The van der Waals surface area contributed by atoms with Crippen LogP contribution in [0.15, 0.2) is 23.0 Å². The molecule has 1 heterocycles. The van der Waals surface area contributed by atoms with E-state index < -0.39 is 0 Å². The molecule has 1 aliphatic carbocycles. The van der Waals surface area contributed by atoms with Gasteiger partial charge in [-0.1, -0.05) is 27.2 Å². The smallest absolute Gasteiger partial charge is 0.323 e. The first-order valence-corrected chi connectivity index (χ1v) is 9.06. The Hall–Kier alpha value is -2.08. The fourth-order valence-electron chi connectivity index (χ4n) is 3.80. The SMILES string of the molecule is CC(C)[C@H]1CC[C@@H](C)C[C@@H]1OCC(=O)Nc1ccc2[nH]c(=O)[nH]c2c1. The lowest BCUT2D eigenvalue weighted by atomic mass is 9.75. The highest BCUT2D eigenvalue weighted by molar-refractivity contribution is 5.93. The van der Waals surface area contributed by atoms with E-state index in [4.69, 9.17) is 4.74 Å². The quantitative estimate of drug-likeness (QED) is 0.777. The van der Waals surface area contributed by atoms with Crippen molar-refractivity contribution in [1.82, 2.24) is 9.97 Å². The largest absolute Gasteiger partial charge is 0.368 e. The molecule has 0 saturated heterocycles. The number of aromatic amines is 2. The van der Waals surface area contributed by atoms with Gasteiger partial charge >= 0.3 is 5.69 Å². The van der Waals surface area contributed by atoms with Crippen molar-refractivity contribution in [3.8, 4) is 0 Å². The van der Waals surface area contributed by atoms with Crippen LogP contribution in [0.3, 0.4) is 0 Å². The molecule has 0 radical (unpaired) electrons. The topological polar surface area (TPSA) is 87.0 Å². The molecule has 0 unspecified atom stereocenters. The molecule has 1 fully saturated rings. The fraction of sp³-hybridized carbons (Fsp3) is 0.579. The number of nitrogens with one attached hydrogen (secondary N) is 3. The number of aromatic nitrogens is 2. The van der Waals surface area contributed by atoms with Crippen LogP contribution in [0.1, 0.15) is 40.0 Å². The molecule has 25 heavy (non-hydrogen) atoms. The molecule has 1 aromatic carbocycles. The maximum atomic E-state index is 12.2. The summed E-state index contributed by atoms with van der Waals surface area (Å²) in [4.78, 5) is 28.9. The molecule has 0 aliphatic heterocycles. The number of amides is 1. The van der Waals surface area contributed by atoms with Gasteiger partial charge in [0.2, 0.25) is 5.91 Å². The average molecular weight is 345 g/mol. The van der Waals surface area contributed by atoms with E-state index in [1.165, 1.54) is 12.8 Å². The molecule has 6 nitrogen and oxygen atoms in total. The number of imidazole rings is 1. The molecule has 6 heteroatoms. The number of rotatable bonds is 5. The van der Waals surface area contributed by atoms with Gasteiger partial charge in [0.15, 0.2) is 0 Å². The van der Waals surface area contributed by atoms with E-state index in [9.17, 15) is 9.59 Å². The molecule has 2 aromatic rings. The van der Waals surface area contributed by atoms with E-state index in [-0.39, 0.29) is 24.3 Å². The maximum absolute atomic E-state index is 12.2. The van der Waals surface area contributed by atoms with Crippen molar-refractivity contribution in [3.05, 3.63) is 28.7 Å². The third kappa shape index (κ3) is 4.31. The Balaban J connectivity index is 1.58. The van der Waals surface area contributed by atoms with Crippen molar-refractivity contribution < 1.29 is 9.53 Å². The maximum Gasteiger partial charge on any atom is 0.323 e. The predicted molar refractivity (Wildman–Crippen MR) is 98.6 cm³/mol. The Morgan fingerprint density at radius 3 is 2.80 bits per heavy atom. The third-order valence-corrected chi connectivity index (χ3v) is 5.19. The van der Waals surface area contributed by atoms with Gasteiger partial charge in [-0.2, -0.15) is 0 Å². The Kier molecular flexibility index (Phi) is 5.27. The van der Waals surface area contributed by atoms with E-state index in [1.54, 1.807) is 18.2 Å². The van der Waals surface area contributed by atoms with Crippen LogP contribution in [0, 0.1) is 17.8 Å². The number of benzene rings is 1. The minimum atomic E-state index is -0.257. The molecule has 0 bridgehead atoms. The zero-order valence-corrected chi connectivity index (χ0v) is 15.1. The molecule has 0 spiro atoms. The Morgan fingerprint density at radius 2 is 2.04 bits per heavy atom. The highest BCUT2D eigenvalue weighted by atomic mass is 16.5. The number of carbonyl (C=O) groups excluding carboxylic acids is 1. The van der Waals surface area contributed by atoms with Crippen LogP contribution < -0.4 is 11.0 Å². The predicted octanol–water partition coefficient (Wildman–Crippen LogP) is 3.27. The molecule has 1 aliphatic rings. The summed E-state index contributed by atoms with van der Waals surface area (Å²) < 4.78 is 5.98. The second-order valence-electron chi connectivity index (χ2n) is 7.56.